The molecule has 0 bridgehead atoms. The van der Waals surface area contributed by atoms with Gasteiger partial charge in [0.2, 0.25) is 0 Å². The standard InChI is InChI=1S/C11H17F/c1-5-10(4)8-11(12)7-6-9(2)3/h6-8H,5H2,1-4H3/b10-8+,11-7+. The Hall–Kier alpha value is -0.850. The lowest BCUT2D eigenvalue weighted by molar-refractivity contribution is 0.664. The molecule has 1 heteroatoms. The van der Waals surface area contributed by atoms with Gasteiger partial charge in [-0.1, -0.05) is 24.1 Å². The molecule has 0 atom stereocenters. The Kier molecular flexibility index (Phi) is 5.35. The van der Waals surface area contributed by atoms with Crippen molar-refractivity contribution < 1.29 is 4.39 Å². The maximum Gasteiger partial charge on any atom is 0.123 e. The fourth-order valence-corrected chi connectivity index (χ4v) is 0.632. The molecule has 0 heterocycles. The van der Waals surface area contributed by atoms with E-state index in [1.165, 1.54) is 6.08 Å². The summed E-state index contributed by atoms with van der Waals surface area (Å²) < 4.78 is 12.9. The number of allylic oxidation sites excluding steroid dienone is 6. The van der Waals surface area contributed by atoms with E-state index in [-0.39, 0.29) is 5.83 Å². The first-order chi connectivity index (χ1) is 5.56. The summed E-state index contributed by atoms with van der Waals surface area (Å²) in [6, 6.07) is 0. The SMILES string of the molecule is CC/C(C)=C/C(F)=C\C=C(C)C. The molecule has 0 aliphatic rings. The van der Waals surface area contributed by atoms with Gasteiger partial charge in [-0.25, -0.2) is 4.39 Å². The van der Waals surface area contributed by atoms with Crippen LogP contribution in [-0.4, -0.2) is 0 Å². The summed E-state index contributed by atoms with van der Waals surface area (Å²) in [5.74, 6) is -0.171. The second-order valence-corrected chi connectivity index (χ2v) is 3.14. The van der Waals surface area contributed by atoms with Crippen LogP contribution in [0.25, 0.3) is 0 Å². The molecule has 0 saturated heterocycles. The van der Waals surface area contributed by atoms with Crippen molar-refractivity contribution in [3.8, 4) is 0 Å². The number of hydrogen-bond donors (Lipinski definition) is 0. The van der Waals surface area contributed by atoms with Gasteiger partial charge in [0.05, 0.1) is 0 Å². The normalized spacial score (nSPS) is 13.1. The second kappa shape index (κ2) is 5.76. The lowest BCUT2D eigenvalue weighted by Crippen LogP contribution is -1.73. The monoisotopic (exact) mass is 168 g/mol. The Balaban J connectivity index is 4.30. The van der Waals surface area contributed by atoms with Crippen LogP contribution >= 0.6 is 0 Å². The molecule has 68 valence electrons. The first kappa shape index (κ1) is 11.2. The third-order valence-corrected chi connectivity index (χ3v) is 1.52. The first-order valence-electron chi connectivity index (χ1n) is 4.24. The van der Waals surface area contributed by atoms with Crippen LogP contribution in [0.2, 0.25) is 0 Å². The van der Waals surface area contributed by atoms with Gasteiger partial charge < -0.3 is 0 Å². The largest absolute Gasteiger partial charge is 0.207 e. The highest BCUT2D eigenvalue weighted by Gasteiger charge is 1.88. The molecule has 0 spiro atoms. The van der Waals surface area contributed by atoms with Crippen molar-refractivity contribution in [3.05, 3.63) is 35.2 Å². The minimum Gasteiger partial charge on any atom is -0.207 e. The molecule has 0 rings (SSSR count). The molecule has 0 aliphatic heterocycles. The fourth-order valence-electron chi connectivity index (χ4n) is 0.632. The van der Waals surface area contributed by atoms with Crippen molar-refractivity contribution in [3.63, 3.8) is 0 Å². The highest BCUT2D eigenvalue weighted by Crippen LogP contribution is 2.07. The average molecular weight is 168 g/mol. The van der Waals surface area contributed by atoms with E-state index in [4.69, 9.17) is 0 Å². The summed E-state index contributed by atoms with van der Waals surface area (Å²) in [7, 11) is 0. The van der Waals surface area contributed by atoms with E-state index in [1.54, 1.807) is 12.2 Å². The summed E-state index contributed by atoms with van der Waals surface area (Å²) in [6.07, 6.45) is 5.73. The van der Waals surface area contributed by atoms with E-state index >= 15 is 0 Å². The summed E-state index contributed by atoms with van der Waals surface area (Å²) in [5.41, 5.74) is 2.17. The third-order valence-electron chi connectivity index (χ3n) is 1.52. The van der Waals surface area contributed by atoms with Crippen LogP contribution in [-0.2, 0) is 0 Å². The van der Waals surface area contributed by atoms with E-state index in [1.807, 2.05) is 27.7 Å². The lowest BCUT2D eigenvalue weighted by Gasteiger charge is -1.92. The highest BCUT2D eigenvalue weighted by atomic mass is 19.1. The molecule has 0 nitrogen and oxygen atoms in total. The third kappa shape index (κ3) is 5.90. The first-order valence-corrected chi connectivity index (χ1v) is 4.24. The molecule has 12 heavy (non-hydrogen) atoms. The van der Waals surface area contributed by atoms with Crippen molar-refractivity contribution >= 4 is 0 Å². The van der Waals surface area contributed by atoms with Crippen LogP contribution in [0.5, 0.6) is 0 Å². The van der Waals surface area contributed by atoms with Crippen LogP contribution in [0, 0.1) is 0 Å². The van der Waals surface area contributed by atoms with Crippen LogP contribution in [0.1, 0.15) is 34.1 Å². The van der Waals surface area contributed by atoms with Crippen LogP contribution in [0.15, 0.2) is 35.2 Å². The van der Waals surface area contributed by atoms with E-state index in [9.17, 15) is 4.39 Å². The smallest absolute Gasteiger partial charge is 0.123 e. The minimum absolute atomic E-state index is 0.171. The zero-order valence-electron chi connectivity index (χ0n) is 8.32. The molecule has 0 radical (unpaired) electrons. The van der Waals surface area contributed by atoms with Crippen LogP contribution in [0.3, 0.4) is 0 Å². The molecular formula is C11H17F. The highest BCUT2D eigenvalue weighted by molar-refractivity contribution is 5.22. The Morgan fingerprint density at radius 1 is 1.17 bits per heavy atom. The summed E-state index contributed by atoms with van der Waals surface area (Å²) in [5, 5.41) is 0. The Labute approximate surface area is 74.5 Å². The van der Waals surface area contributed by atoms with Crippen molar-refractivity contribution in [2.75, 3.05) is 0 Å². The molecule has 0 aromatic rings. The number of hydrogen-bond acceptors (Lipinski definition) is 0. The number of rotatable bonds is 3. The van der Waals surface area contributed by atoms with Gasteiger partial charge in [0.15, 0.2) is 0 Å². The van der Waals surface area contributed by atoms with Gasteiger partial charge in [0.25, 0.3) is 0 Å². The summed E-state index contributed by atoms with van der Waals surface area (Å²) >= 11 is 0. The molecular weight excluding hydrogens is 151 g/mol. The van der Waals surface area contributed by atoms with Crippen LogP contribution < -0.4 is 0 Å². The molecule has 0 aromatic heterocycles. The van der Waals surface area contributed by atoms with Gasteiger partial charge in [-0.3, -0.25) is 0 Å². The summed E-state index contributed by atoms with van der Waals surface area (Å²) in [6.45, 7) is 7.83. The van der Waals surface area contributed by atoms with Crippen molar-refractivity contribution in [2.24, 2.45) is 0 Å². The molecule has 0 unspecified atom stereocenters. The zero-order chi connectivity index (χ0) is 9.56. The second-order valence-electron chi connectivity index (χ2n) is 3.14. The lowest BCUT2D eigenvalue weighted by atomic mass is 10.2. The van der Waals surface area contributed by atoms with Gasteiger partial charge in [0, 0.05) is 0 Å². The van der Waals surface area contributed by atoms with Crippen molar-refractivity contribution in [1.29, 1.82) is 0 Å². The quantitative estimate of drug-likeness (QED) is 0.555. The molecule has 0 N–H and O–H groups in total. The van der Waals surface area contributed by atoms with Crippen molar-refractivity contribution in [2.45, 2.75) is 34.1 Å². The summed E-state index contributed by atoms with van der Waals surface area (Å²) in [4.78, 5) is 0. The number of halogens is 1. The van der Waals surface area contributed by atoms with E-state index < -0.39 is 0 Å². The van der Waals surface area contributed by atoms with Crippen molar-refractivity contribution in [1.82, 2.24) is 0 Å². The van der Waals surface area contributed by atoms with Gasteiger partial charge in [-0.2, -0.15) is 0 Å². The Bertz CT molecular complexity index is 215. The maximum atomic E-state index is 12.9. The van der Waals surface area contributed by atoms with E-state index in [0.29, 0.717) is 0 Å². The molecule has 0 aliphatic carbocycles. The topological polar surface area (TPSA) is 0 Å². The van der Waals surface area contributed by atoms with Gasteiger partial charge in [0.1, 0.15) is 5.83 Å². The van der Waals surface area contributed by atoms with E-state index in [0.717, 1.165) is 17.6 Å². The Morgan fingerprint density at radius 3 is 2.17 bits per heavy atom. The predicted molar refractivity (Wildman–Crippen MR) is 52.7 cm³/mol. The zero-order valence-corrected chi connectivity index (χ0v) is 8.32. The maximum absolute atomic E-state index is 12.9. The Morgan fingerprint density at radius 2 is 1.75 bits per heavy atom. The molecule has 0 saturated carbocycles. The molecule has 0 fully saturated rings. The van der Waals surface area contributed by atoms with Gasteiger partial charge >= 0.3 is 0 Å². The van der Waals surface area contributed by atoms with Gasteiger partial charge in [-0.15, -0.1) is 0 Å². The fraction of sp³-hybridized carbons (Fsp3) is 0.455. The molecule has 0 amide bonds. The molecule has 0 aromatic carbocycles. The predicted octanol–water partition coefficient (Wildman–Crippen LogP) is 4.16. The minimum atomic E-state index is -0.171. The van der Waals surface area contributed by atoms with E-state index in [2.05, 4.69) is 0 Å². The average Bonchev–Trinajstić information content (AvgIpc) is 2.00. The van der Waals surface area contributed by atoms with Gasteiger partial charge in [-0.05, 0) is 39.3 Å². The van der Waals surface area contributed by atoms with Crippen LogP contribution in [0.4, 0.5) is 4.39 Å².